The van der Waals surface area contributed by atoms with E-state index in [2.05, 4.69) is 10.6 Å². The molecular formula is C16H18ClN3O5S2. The fraction of sp³-hybridized carbons (Fsp3) is 0.250. The normalized spacial score (nSPS) is 11.3. The van der Waals surface area contributed by atoms with Crippen LogP contribution in [-0.2, 0) is 19.6 Å². The summed E-state index contributed by atoms with van der Waals surface area (Å²) < 4.78 is 31.3. The summed E-state index contributed by atoms with van der Waals surface area (Å²) in [7, 11) is -1.08. The second kappa shape index (κ2) is 8.70. The van der Waals surface area contributed by atoms with Crippen LogP contribution < -0.4 is 15.4 Å². The lowest BCUT2D eigenvalue weighted by Crippen LogP contribution is -2.34. The van der Waals surface area contributed by atoms with E-state index in [1.54, 1.807) is 12.1 Å². The summed E-state index contributed by atoms with van der Waals surface area (Å²) in [6.45, 7) is 0.914. The van der Waals surface area contributed by atoms with Crippen molar-refractivity contribution < 1.29 is 22.7 Å². The zero-order valence-electron chi connectivity index (χ0n) is 14.8. The highest BCUT2D eigenvalue weighted by Gasteiger charge is 2.25. The Morgan fingerprint density at radius 1 is 1.19 bits per heavy atom. The number of anilines is 2. The number of benzene rings is 1. The number of ether oxygens (including phenoxy) is 1. The average molecular weight is 432 g/mol. The Hall–Kier alpha value is -2.14. The van der Waals surface area contributed by atoms with Crippen LogP contribution in [0.5, 0.6) is 5.75 Å². The van der Waals surface area contributed by atoms with Gasteiger partial charge in [-0.15, -0.1) is 11.3 Å². The van der Waals surface area contributed by atoms with Crippen LogP contribution in [0.15, 0.2) is 34.5 Å². The van der Waals surface area contributed by atoms with E-state index in [1.807, 2.05) is 0 Å². The van der Waals surface area contributed by atoms with Gasteiger partial charge >= 0.3 is 0 Å². The van der Waals surface area contributed by atoms with Crippen LogP contribution in [0.1, 0.15) is 6.92 Å². The van der Waals surface area contributed by atoms with Gasteiger partial charge in [0.25, 0.3) is 10.0 Å². The molecule has 1 aromatic carbocycles. The number of hydrogen-bond donors (Lipinski definition) is 2. The van der Waals surface area contributed by atoms with Gasteiger partial charge in [-0.2, -0.15) is 4.31 Å². The maximum atomic E-state index is 12.5. The number of amides is 2. The van der Waals surface area contributed by atoms with Gasteiger partial charge < -0.3 is 15.4 Å². The van der Waals surface area contributed by atoms with Gasteiger partial charge in [0, 0.05) is 20.0 Å². The SMILES string of the molecule is COc1ccc(NC(C)=O)c(NC(=O)CN(C)S(=O)(=O)c2ccc(Cl)s2)c1. The molecule has 1 heterocycles. The third kappa shape index (κ3) is 5.42. The van der Waals surface area contributed by atoms with Crippen molar-refractivity contribution in [3.63, 3.8) is 0 Å². The lowest BCUT2D eigenvalue weighted by molar-refractivity contribution is -0.116. The number of carbonyl (C=O) groups is 2. The first-order valence-corrected chi connectivity index (χ1v) is 10.2. The van der Waals surface area contributed by atoms with E-state index in [1.165, 1.54) is 39.3 Å². The molecule has 0 aliphatic heterocycles. The minimum Gasteiger partial charge on any atom is -0.497 e. The summed E-state index contributed by atoms with van der Waals surface area (Å²) in [5.41, 5.74) is 0.659. The quantitative estimate of drug-likeness (QED) is 0.701. The molecule has 0 spiro atoms. The Kier molecular flexibility index (Phi) is 6.82. The Bertz CT molecular complexity index is 959. The fourth-order valence-electron chi connectivity index (χ4n) is 2.12. The number of halogens is 1. The van der Waals surface area contributed by atoms with E-state index in [-0.39, 0.29) is 10.1 Å². The first kappa shape index (κ1) is 21.2. The Morgan fingerprint density at radius 2 is 1.89 bits per heavy atom. The molecule has 2 rings (SSSR count). The monoisotopic (exact) mass is 431 g/mol. The molecule has 0 bridgehead atoms. The summed E-state index contributed by atoms with van der Waals surface area (Å²) >= 11 is 6.69. The first-order valence-electron chi connectivity index (χ1n) is 7.60. The minimum absolute atomic E-state index is 0.0446. The molecule has 0 atom stereocenters. The summed E-state index contributed by atoms with van der Waals surface area (Å²) in [4.78, 5) is 23.7. The Morgan fingerprint density at radius 3 is 2.44 bits per heavy atom. The van der Waals surface area contributed by atoms with E-state index >= 15 is 0 Å². The molecule has 0 unspecified atom stereocenters. The van der Waals surface area contributed by atoms with Crippen LogP contribution in [-0.4, -0.2) is 45.2 Å². The fourth-order valence-corrected chi connectivity index (χ4v) is 4.94. The van der Waals surface area contributed by atoms with Gasteiger partial charge in [0.2, 0.25) is 11.8 Å². The second-order valence-electron chi connectivity index (χ2n) is 5.46. The van der Waals surface area contributed by atoms with Gasteiger partial charge in [0.05, 0.1) is 29.4 Å². The van der Waals surface area contributed by atoms with Crippen molar-refractivity contribution in [3.05, 3.63) is 34.7 Å². The van der Waals surface area contributed by atoms with Crippen molar-refractivity contribution in [3.8, 4) is 5.75 Å². The average Bonchev–Trinajstić information content (AvgIpc) is 3.03. The smallest absolute Gasteiger partial charge is 0.252 e. The molecule has 0 aliphatic carbocycles. The third-order valence-corrected chi connectivity index (χ3v) is 6.89. The highest BCUT2D eigenvalue weighted by molar-refractivity contribution is 7.91. The van der Waals surface area contributed by atoms with Crippen molar-refractivity contribution in [1.29, 1.82) is 0 Å². The van der Waals surface area contributed by atoms with E-state index in [4.69, 9.17) is 16.3 Å². The predicted molar refractivity (Wildman–Crippen MR) is 105 cm³/mol. The van der Waals surface area contributed by atoms with Crippen molar-refractivity contribution in [1.82, 2.24) is 4.31 Å². The first-order chi connectivity index (χ1) is 12.6. The van der Waals surface area contributed by atoms with Gasteiger partial charge in [-0.1, -0.05) is 11.6 Å². The number of methoxy groups -OCH3 is 1. The molecule has 0 radical (unpaired) electrons. The molecule has 0 saturated carbocycles. The molecule has 0 aliphatic rings. The molecule has 2 amide bonds. The van der Waals surface area contributed by atoms with Gasteiger partial charge in [-0.05, 0) is 24.3 Å². The van der Waals surface area contributed by atoms with E-state index in [0.29, 0.717) is 21.5 Å². The maximum absolute atomic E-state index is 12.5. The lowest BCUT2D eigenvalue weighted by atomic mass is 10.2. The van der Waals surface area contributed by atoms with Gasteiger partial charge in [0.15, 0.2) is 0 Å². The van der Waals surface area contributed by atoms with Crippen LogP contribution in [0.2, 0.25) is 4.34 Å². The summed E-state index contributed by atoms with van der Waals surface area (Å²) in [6.07, 6.45) is 0. The zero-order valence-corrected chi connectivity index (χ0v) is 17.2. The number of nitrogens with one attached hydrogen (secondary N) is 2. The zero-order chi connectivity index (χ0) is 20.2. The van der Waals surface area contributed by atoms with E-state index in [0.717, 1.165) is 15.6 Å². The van der Waals surface area contributed by atoms with Crippen LogP contribution in [0, 0.1) is 0 Å². The highest BCUT2D eigenvalue weighted by atomic mass is 35.5. The number of hydrogen-bond acceptors (Lipinski definition) is 6. The maximum Gasteiger partial charge on any atom is 0.252 e. The number of carbonyl (C=O) groups excluding carboxylic acids is 2. The number of thiophene rings is 1. The molecule has 2 aromatic rings. The summed E-state index contributed by atoms with van der Waals surface area (Å²) in [5, 5.41) is 5.18. The van der Waals surface area contributed by atoms with Crippen LogP contribution in [0.3, 0.4) is 0 Å². The standard InChI is InChI=1S/C16H18ClN3O5S2/c1-10(21)18-12-5-4-11(25-3)8-13(12)19-15(22)9-20(2)27(23,24)16-7-6-14(17)26-16/h4-8H,9H2,1-3H3,(H,18,21)(H,19,22). The predicted octanol–water partition coefficient (Wildman–Crippen LogP) is 2.63. The van der Waals surface area contributed by atoms with Crippen LogP contribution >= 0.6 is 22.9 Å². The summed E-state index contributed by atoms with van der Waals surface area (Å²) in [6, 6.07) is 7.58. The van der Waals surface area contributed by atoms with E-state index < -0.39 is 22.5 Å². The molecular weight excluding hydrogens is 414 g/mol. The molecule has 11 heteroatoms. The number of rotatable bonds is 7. The Balaban J connectivity index is 2.16. The number of sulfonamides is 1. The largest absolute Gasteiger partial charge is 0.497 e. The molecule has 146 valence electrons. The van der Waals surface area contributed by atoms with Crippen molar-refractivity contribution in [2.24, 2.45) is 0 Å². The number of likely N-dealkylation sites (N-methyl/N-ethyl adjacent to an activating group) is 1. The molecule has 2 N–H and O–H groups in total. The van der Waals surface area contributed by atoms with Gasteiger partial charge in [-0.25, -0.2) is 8.42 Å². The van der Waals surface area contributed by atoms with Crippen molar-refractivity contribution >= 4 is 56.2 Å². The molecule has 8 nitrogen and oxygen atoms in total. The van der Waals surface area contributed by atoms with Gasteiger partial charge in [0.1, 0.15) is 9.96 Å². The molecule has 0 fully saturated rings. The molecule has 1 aromatic heterocycles. The molecule has 0 saturated heterocycles. The van der Waals surface area contributed by atoms with Crippen LogP contribution in [0.4, 0.5) is 11.4 Å². The number of nitrogens with zero attached hydrogens (tertiary/aromatic N) is 1. The van der Waals surface area contributed by atoms with Gasteiger partial charge in [-0.3, -0.25) is 9.59 Å². The second-order valence-corrected chi connectivity index (χ2v) is 9.45. The van der Waals surface area contributed by atoms with E-state index in [9.17, 15) is 18.0 Å². The van der Waals surface area contributed by atoms with Crippen LogP contribution in [0.25, 0.3) is 0 Å². The minimum atomic E-state index is -3.84. The summed E-state index contributed by atoms with van der Waals surface area (Å²) in [5.74, 6) is -0.429. The lowest BCUT2D eigenvalue weighted by Gasteiger charge is -2.17. The van der Waals surface area contributed by atoms with Crippen molar-refractivity contribution in [2.45, 2.75) is 11.1 Å². The topological polar surface area (TPSA) is 105 Å². The molecule has 27 heavy (non-hydrogen) atoms. The van der Waals surface area contributed by atoms with Crippen molar-refractivity contribution in [2.75, 3.05) is 31.3 Å². The highest BCUT2D eigenvalue weighted by Crippen LogP contribution is 2.29. The third-order valence-electron chi connectivity index (χ3n) is 3.39. The Labute approximate surface area is 166 Å².